The Balaban J connectivity index is 0.00000225. The summed E-state index contributed by atoms with van der Waals surface area (Å²) >= 11 is 6.25. The van der Waals surface area contributed by atoms with Crippen LogP contribution in [-0.2, 0) is 0 Å². The zero-order valence-corrected chi connectivity index (χ0v) is 15.6. The lowest BCUT2D eigenvalue weighted by Crippen LogP contribution is -2.45. The molecular weight excluding hydrogens is 359 g/mol. The van der Waals surface area contributed by atoms with Gasteiger partial charge in [0.15, 0.2) is 0 Å². The van der Waals surface area contributed by atoms with Gasteiger partial charge in [0, 0.05) is 23.2 Å². The first-order chi connectivity index (χ1) is 11.7. The Bertz CT molecular complexity index is 698. The summed E-state index contributed by atoms with van der Waals surface area (Å²) in [7, 11) is 0. The van der Waals surface area contributed by atoms with Gasteiger partial charge in [-0.15, -0.1) is 12.4 Å². The summed E-state index contributed by atoms with van der Waals surface area (Å²) in [5, 5.41) is 10.6. The van der Waals surface area contributed by atoms with Crippen molar-refractivity contribution < 1.29 is 4.79 Å². The number of aromatic amines is 1. The van der Waals surface area contributed by atoms with E-state index in [-0.39, 0.29) is 24.4 Å². The molecule has 1 amide bonds. The van der Waals surface area contributed by atoms with E-state index in [0.29, 0.717) is 28.7 Å². The van der Waals surface area contributed by atoms with E-state index in [1.807, 2.05) is 18.2 Å². The maximum absolute atomic E-state index is 12.8. The fourth-order valence-electron chi connectivity index (χ4n) is 3.48. The summed E-state index contributed by atoms with van der Waals surface area (Å²) in [6.07, 6.45) is 7.51. The number of hydrogen-bond acceptors (Lipinski definition) is 3. The quantitative estimate of drug-likeness (QED) is 0.735. The number of H-pyrrole nitrogens is 1. The largest absolute Gasteiger partial charge is 0.348 e. The Morgan fingerprint density at radius 1 is 1.32 bits per heavy atom. The highest BCUT2D eigenvalue weighted by Gasteiger charge is 2.26. The van der Waals surface area contributed by atoms with Crippen molar-refractivity contribution in [3.8, 4) is 11.3 Å². The standard InChI is InChI=1S/C18H23ClN4O.ClH/c19-15-9-5-4-8-13(15)17-14(11-21-23-17)18(24)22-16(10-20)12-6-2-1-3-7-12;/h4-5,8-9,11-12,16H,1-3,6-7,10,20H2,(H,21,23)(H,22,24);1H. The van der Waals surface area contributed by atoms with Crippen LogP contribution in [0.1, 0.15) is 42.5 Å². The second-order valence-electron chi connectivity index (χ2n) is 6.35. The Hall–Kier alpha value is -1.56. The summed E-state index contributed by atoms with van der Waals surface area (Å²) < 4.78 is 0. The highest BCUT2D eigenvalue weighted by molar-refractivity contribution is 6.33. The van der Waals surface area contributed by atoms with Crippen molar-refractivity contribution in [1.82, 2.24) is 15.5 Å². The number of nitrogens with one attached hydrogen (secondary N) is 2. The molecule has 2 aromatic rings. The molecule has 1 fully saturated rings. The normalized spacial score (nSPS) is 16.1. The first-order valence-electron chi connectivity index (χ1n) is 8.50. The van der Waals surface area contributed by atoms with Crippen LogP contribution in [-0.4, -0.2) is 28.7 Å². The minimum absolute atomic E-state index is 0. The number of rotatable bonds is 5. The highest BCUT2D eigenvalue weighted by atomic mass is 35.5. The van der Waals surface area contributed by atoms with E-state index < -0.39 is 0 Å². The fraction of sp³-hybridized carbons (Fsp3) is 0.444. The van der Waals surface area contributed by atoms with Gasteiger partial charge < -0.3 is 11.1 Å². The van der Waals surface area contributed by atoms with E-state index in [4.69, 9.17) is 17.3 Å². The summed E-state index contributed by atoms with van der Waals surface area (Å²) in [5.74, 6) is 0.308. The van der Waals surface area contributed by atoms with Crippen molar-refractivity contribution in [3.05, 3.63) is 41.0 Å². The molecule has 0 spiro atoms. The minimum atomic E-state index is -0.153. The van der Waals surface area contributed by atoms with Gasteiger partial charge in [-0.2, -0.15) is 5.10 Å². The van der Waals surface area contributed by atoms with Gasteiger partial charge in [-0.05, 0) is 24.8 Å². The van der Waals surface area contributed by atoms with Gasteiger partial charge in [-0.3, -0.25) is 9.89 Å². The predicted octanol–water partition coefficient (Wildman–Crippen LogP) is 3.79. The first-order valence-corrected chi connectivity index (χ1v) is 8.87. The van der Waals surface area contributed by atoms with Crippen LogP contribution in [0.2, 0.25) is 5.02 Å². The third-order valence-corrected chi connectivity index (χ3v) is 5.15. The van der Waals surface area contributed by atoms with Gasteiger partial charge >= 0.3 is 0 Å². The summed E-state index contributed by atoms with van der Waals surface area (Å²) in [4.78, 5) is 12.8. The molecule has 1 atom stereocenters. The van der Waals surface area contributed by atoms with Crippen LogP contribution in [0.4, 0.5) is 0 Å². The topological polar surface area (TPSA) is 83.8 Å². The number of hydrogen-bond donors (Lipinski definition) is 3. The smallest absolute Gasteiger partial charge is 0.255 e. The monoisotopic (exact) mass is 382 g/mol. The number of nitrogens with two attached hydrogens (primary N) is 1. The first kappa shape index (κ1) is 19.8. The van der Waals surface area contributed by atoms with Crippen LogP contribution in [0, 0.1) is 5.92 Å². The van der Waals surface area contributed by atoms with E-state index in [0.717, 1.165) is 18.4 Å². The molecule has 0 bridgehead atoms. The highest BCUT2D eigenvalue weighted by Crippen LogP contribution is 2.29. The van der Waals surface area contributed by atoms with Gasteiger partial charge in [0.1, 0.15) is 0 Å². The van der Waals surface area contributed by atoms with E-state index >= 15 is 0 Å². The average Bonchev–Trinajstić information content (AvgIpc) is 3.10. The van der Waals surface area contributed by atoms with Gasteiger partial charge in [0.2, 0.25) is 0 Å². The summed E-state index contributed by atoms with van der Waals surface area (Å²) in [6.45, 7) is 0.454. The summed E-state index contributed by atoms with van der Waals surface area (Å²) in [5.41, 5.74) is 7.82. The lowest BCUT2D eigenvalue weighted by molar-refractivity contribution is 0.0916. The molecule has 1 heterocycles. The average molecular weight is 383 g/mol. The number of benzene rings is 1. The number of amides is 1. The molecule has 1 aliphatic rings. The number of carbonyl (C=O) groups is 1. The molecule has 0 radical (unpaired) electrons. The molecule has 136 valence electrons. The molecule has 1 aromatic carbocycles. The maximum Gasteiger partial charge on any atom is 0.255 e. The van der Waals surface area contributed by atoms with E-state index in [1.165, 1.54) is 19.3 Å². The van der Waals surface area contributed by atoms with E-state index in [1.54, 1.807) is 12.3 Å². The van der Waals surface area contributed by atoms with Crippen molar-refractivity contribution in [2.75, 3.05) is 6.54 Å². The number of aromatic nitrogens is 2. The number of carbonyl (C=O) groups excluding carboxylic acids is 1. The van der Waals surface area contributed by atoms with Gasteiger partial charge in [-0.25, -0.2) is 0 Å². The zero-order chi connectivity index (χ0) is 16.9. The second kappa shape index (κ2) is 9.22. The van der Waals surface area contributed by atoms with Gasteiger partial charge in [0.05, 0.1) is 17.5 Å². The van der Waals surface area contributed by atoms with Crippen LogP contribution < -0.4 is 11.1 Å². The molecule has 1 saturated carbocycles. The molecule has 0 aliphatic heterocycles. The molecule has 25 heavy (non-hydrogen) atoms. The molecule has 7 heteroatoms. The molecule has 5 nitrogen and oxygen atoms in total. The van der Waals surface area contributed by atoms with Crippen molar-refractivity contribution in [2.45, 2.75) is 38.1 Å². The maximum atomic E-state index is 12.8. The minimum Gasteiger partial charge on any atom is -0.348 e. The fourth-order valence-corrected chi connectivity index (χ4v) is 3.71. The third-order valence-electron chi connectivity index (χ3n) is 4.82. The van der Waals surface area contributed by atoms with Gasteiger partial charge in [-0.1, -0.05) is 49.1 Å². The summed E-state index contributed by atoms with van der Waals surface area (Å²) in [6, 6.07) is 7.41. The van der Waals surface area contributed by atoms with Crippen LogP contribution in [0.15, 0.2) is 30.5 Å². The third kappa shape index (κ3) is 4.54. The van der Waals surface area contributed by atoms with Gasteiger partial charge in [0.25, 0.3) is 5.91 Å². The Morgan fingerprint density at radius 3 is 2.72 bits per heavy atom. The van der Waals surface area contributed by atoms with Crippen molar-refractivity contribution >= 4 is 29.9 Å². The zero-order valence-electron chi connectivity index (χ0n) is 14.0. The molecule has 1 aliphatic carbocycles. The van der Waals surface area contributed by atoms with Crippen molar-refractivity contribution in [1.29, 1.82) is 0 Å². The SMILES string of the molecule is Cl.NCC(NC(=O)c1cn[nH]c1-c1ccccc1Cl)C1CCCCC1. The van der Waals surface area contributed by atoms with Crippen LogP contribution in [0.25, 0.3) is 11.3 Å². The lowest BCUT2D eigenvalue weighted by Gasteiger charge is -2.30. The number of halogens is 2. The molecule has 3 rings (SSSR count). The Labute approximate surface area is 159 Å². The molecule has 4 N–H and O–H groups in total. The predicted molar refractivity (Wildman–Crippen MR) is 103 cm³/mol. The van der Waals surface area contributed by atoms with E-state index in [9.17, 15) is 4.79 Å². The van der Waals surface area contributed by atoms with E-state index in [2.05, 4.69) is 15.5 Å². The molecule has 1 unspecified atom stereocenters. The van der Waals surface area contributed by atoms with Crippen molar-refractivity contribution in [3.63, 3.8) is 0 Å². The Morgan fingerprint density at radius 2 is 2.04 bits per heavy atom. The second-order valence-corrected chi connectivity index (χ2v) is 6.76. The molecule has 0 saturated heterocycles. The molecule has 1 aromatic heterocycles. The van der Waals surface area contributed by atoms with Crippen LogP contribution in [0.5, 0.6) is 0 Å². The Kier molecular flexibility index (Phi) is 7.29. The molecular formula is C18H24Cl2N4O. The number of nitrogens with zero attached hydrogens (tertiary/aromatic N) is 1. The van der Waals surface area contributed by atoms with Crippen LogP contribution >= 0.6 is 24.0 Å². The lowest BCUT2D eigenvalue weighted by atomic mass is 9.84. The van der Waals surface area contributed by atoms with Crippen molar-refractivity contribution in [2.24, 2.45) is 11.7 Å². The van der Waals surface area contributed by atoms with Crippen LogP contribution in [0.3, 0.4) is 0 Å².